The number of hydrogen-bond donors (Lipinski definition) is 0. The van der Waals surface area contributed by atoms with E-state index in [1.165, 1.54) is 61.2 Å². The van der Waals surface area contributed by atoms with Gasteiger partial charge in [-0.3, -0.25) is 0 Å². The van der Waals surface area contributed by atoms with Gasteiger partial charge in [0.25, 0.3) is 0 Å². The topological polar surface area (TPSA) is 16.4 Å². The van der Waals surface area contributed by atoms with Gasteiger partial charge >= 0.3 is 0 Å². The first kappa shape index (κ1) is 40.3. The fraction of sp³-hybridized carbons (Fsp3) is 0.0149. The molecular formula is C67H45NO. The van der Waals surface area contributed by atoms with Crippen LogP contribution in [0.3, 0.4) is 0 Å². The Bertz CT molecular complexity index is 3760. The van der Waals surface area contributed by atoms with Crippen molar-refractivity contribution in [3.63, 3.8) is 0 Å². The highest BCUT2D eigenvalue weighted by molar-refractivity contribution is 6.14. The Balaban J connectivity index is 0.956. The smallest absolute Gasteiger partial charge is 0.136 e. The van der Waals surface area contributed by atoms with Gasteiger partial charge < -0.3 is 9.32 Å². The van der Waals surface area contributed by atoms with Crippen LogP contribution in [0.1, 0.15) is 22.3 Å². The van der Waals surface area contributed by atoms with Crippen LogP contribution in [0.4, 0.5) is 17.1 Å². The van der Waals surface area contributed by atoms with Gasteiger partial charge in [0.1, 0.15) is 11.2 Å². The van der Waals surface area contributed by atoms with E-state index in [0.29, 0.717) is 0 Å². The minimum Gasteiger partial charge on any atom is -0.456 e. The van der Waals surface area contributed by atoms with Crippen LogP contribution in [-0.4, -0.2) is 0 Å². The molecule has 0 N–H and O–H groups in total. The van der Waals surface area contributed by atoms with E-state index in [2.05, 4.69) is 272 Å². The van der Waals surface area contributed by atoms with E-state index < -0.39 is 5.41 Å². The molecule has 2 heteroatoms. The SMILES string of the molecule is c1ccc(-c2ccc(-c3ccc(N(c4ccc(-c5cccc6c5-c5ccccc5C6(c5ccccc5)c5ccccc5)cc4)c4ccccc4-c4cccc5oc6ccccc6c45)cc3)cc2)cc1. The molecule has 324 valence electrons. The molecule has 0 amide bonds. The average molecular weight is 880 g/mol. The van der Waals surface area contributed by atoms with Gasteiger partial charge in [0.05, 0.1) is 11.1 Å². The Morgan fingerprint density at radius 3 is 1.41 bits per heavy atom. The summed E-state index contributed by atoms with van der Waals surface area (Å²) in [6, 6.07) is 99.1. The molecule has 0 aliphatic heterocycles. The number of rotatable bonds is 9. The van der Waals surface area contributed by atoms with E-state index in [4.69, 9.17) is 4.42 Å². The van der Waals surface area contributed by atoms with Gasteiger partial charge in [0, 0.05) is 27.7 Å². The maximum Gasteiger partial charge on any atom is 0.136 e. The first-order chi connectivity index (χ1) is 34.2. The third-order valence-electron chi connectivity index (χ3n) is 14.2. The van der Waals surface area contributed by atoms with E-state index in [1.54, 1.807) is 0 Å². The molecule has 0 saturated carbocycles. The van der Waals surface area contributed by atoms with Crippen molar-refractivity contribution in [1.29, 1.82) is 0 Å². The normalized spacial score (nSPS) is 12.5. The predicted octanol–water partition coefficient (Wildman–Crippen LogP) is 18.1. The van der Waals surface area contributed by atoms with Gasteiger partial charge in [-0.1, -0.05) is 231 Å². The molecule has 11 aromatic carbocycles. The van der Waals surface area contributed by atoms with Crippen molar-refractivity contribution >= 4 is 39.0 Å². The van der Waals surface area contributed by atoms with E-state index >= 15 is 0 Å². The van der Waals surface area contributed by atoms with Crippen LogP contribution in [0.5, 0.6) is 0 Å². The minimum absolute atomic E-state index is 0.468. The van der Waals surface area contributed by atoms with Crippen molar-refractivity contribution in [2.75, 3.05) is 4.90 Å². The van der Waals surface area contributed by atoms with Crippen molar-refractivity contribution in [3.05, 3.63) is 295 Å². The van der Waals surface area contributed by atoms with E-state index in [0.717, 1.165) is 55.7 Å². The summed E-state index contributed by atoms with van der Waals surface area (Å²) in [7, 11) is 0. The molecule has 0 bridgehead atoms. The number of para-hydroxylation sites is 2. The summed E-state index contributed by atoms with van der Waals surface area (Å²) in [5, 5.41) is 2.22. The van der Waals surface area contributed by atoms with Crippen LogP contribution >= 0.6 is 0 Å². The molecule has 1 aliphatic carbocycles. The lowest BCUT2D eigenvalue weighted by Crippen LogP contribution is -2.28. The predicted molar refractivity (Wildman–Crippen MR) is 287 cm³/mol. The highest BCUT2D eigenvalue weighted by Gasteiger charge is 2.46. The largest absolute Gasteiger partial charge is 0.456 e. The first-order valence-corrected chi connectivity index (χ1v) is 23.7. The summed E-state index contributed by atoms with van der Waals surface area (Å²) in [4.78, 5) is 2.41. The Hall–Kier alpha value is -8.98. The van der Waals surface area contributed by atoms with Crippen LogP contribution in [0.2, 0.25) is 0 Å². The maximum atomic E-state index is 6.43. The Kier molecular flexibility index (Phi) is 9.77. The Labute approximate surface area is 402 Å². The minimum atomic E-state index is -0.468. The maximum absolute atomic E-state index is 6.43. The van der Waals surface area contributed by atoms with E-state index in [-0.39, 0.29) is 0 Å². The van der Waals surface area contributed by atoms with Crippen molar-refractivity contribution in [1.82, 2.24) is 0 Å². The molecule has 12 aromatic rings. The Morgan fingerprint density at radius 2 is 0.739 bits per heavy atom. The van der Waals surface area contributed by atoms with Gasteiger partial charge in [0.2, 0.25) is 0 Å². The van der Waals surface area contributed by atoms with Crippen LogP contribution in [0.15, 0.2) is 277 Å². The number of furan rings is 1. The summed E-state index contributed by atoms with van der Waals surface area (Å²) in [6.45, 7) is 0. The summed E-state index contributed by atoms with van der Waals surface area (Å²) in [5.41, 5.74) is 21.6. The first-order valence-electron chi connectivity index (χ1n) is 23.7. The van der Waals surface area contributed by atoms with E-state index in [9.17, 15) is 0 Å². The zero-order valence-corrected chi connectivity index (χ0v) is 37.8. The summed E-state index contributed by atoms with van der Waals surface area (Å²) >= 11 is 0. The van der Waals surface area contributed by atoms with Gasteiger partial charge in [-0.25, -0.2) is 0 Å². The molecule has 0 atom stereocenters. The number of hydrogen-bond acceptors (Lipinski definition) is 2. The fourth-order valence-electron chi connectivity index (χ4n) is 11.1. The van der Waals surface area contributed by atoms with Crippen molar-refractivity contribution in [3.8, 4) is 55.6 Å². The van der Waals surface area contributed by atoms with Gasteiger partial charge in [-0.15, -0.1) is 0 Å². The quantitative estimate of drug-likeness (QED) is 0.144. The highest BCUT2D eigenvalue weighted by atomic mass is 16.3. The van der Waals surface area contributed by atoms with Crippen molar-refractivity contribution < 1.29 is 4.42 Å². The van der Waals surface area contributed by atoms with Gasteiger partial charge in [-0.05, 0) is 115 Å². The second kappa shape index (κ2) is 16.7. The lowest BCUT2D eigenvalue weighted by Gasteiger charge is -2.34. The van der Waals surface area contributed by atoms with Crippen LogP contribution in [0, 0.1) is 0 Å². The third kappa shape index (κ3) is 6.64. The van der Waals surface area contributed by atoms with Gasteiger partial charge in [0.15, 0.2) is 0 Å². The van der Waals surface area contributed by atoms with Crippen molar-refractivity contribution in [2.45, 2.75) is 5.41 Å². The summed E-state index contributed by atoms with van der Waals surface area (Å²) in [5.74, 6) is 0. The molecular weight excluding hydrogens is 835 g/mol. The van der Waals surface area contributed by atoms with Crippen LogP contribution in [0.25, 0.3) is 77.6 Å². The molecule has 0 unspecified atom stereocenters. The highest BCUT2D eigenvalue weighted by Crippen LogP contribution is 2.58. The number of nitrogens with zero attached hydrogens (tertiary/aromatic N) is 1. The van der Waals surface area contributed by atoms with Crippen LogP contribution < -0.4 is 4.90 Å². The Morgan fingerprint density at radius 1 is 0.290 bits per heavy atom. The lowest BCUT2D eigenvalue weighted by molar-refractivity contribution is 0.669. The number of fused-ring (bicyclic) bond motifs is 6. The molecule has 1 heterocycles. The van der Waals surface area contributed by atoms with Crippen molar-refractivity contribution in [2.24, 2.45) is 0 Å². The summed E-state index contributed by atoms with van der Waals surface area (Å²) < 4.78 is 6.43. The molecule has 0 fully saturated rings. The number of anilines is 3. The molecule has 0 radical (unpaired) electrons. The third-order valence-corrected chi connectivity index (χ3v) is 14.2. The summed E-state index contributed by atoms with van der Waals surface area (Å²) in [6.07, 6.45) is 0. The molecule has 69 heavy (non-hydrogen) atoms. The standard InChI is InChI=1S/C67H45NO/c1-4-18-46(19-5-1)47-34-36-48(37-35-47)49-38-42-53(43-39-49)68(62-31-14-11-24-56(62)57-28-17-33-64-66(57)59-26-12-15-32-63(59)69-64)54-44-40-50(41-45-54)55-27-16-30-61-65(55)58-25-10-13-29-60(58)67(61,51-20-6-2-7-21-51)52-22-8-3-9-23-52/h1-45H. The second-order valence-corrected chi connectivity index (χ2v) is 17.9. The molecule has 2 nitrogen and oxygen atoms in total. The lowest BCUT2D eigenvalue weighted by atomic mass is 9.67. The molecule has 13 rings (SSSR count). The molecule has 0 saturated heterocycles. The molecule has 0 spiro atoms. The van der Waals surface area contributed by atoms with Crippen LogP contribution in [-0.2, 0) is 5.41 Å². The van der Waals surface area contributed by atoms with Gasteiger partial charge in [-0.2, -0.15) is 0 Å². The zero-order chi connectivity index (χ0) is 45.7. The fourth-order valence-corrected chi connectivity index (χ4v) is 11.1. The molecule has 1 aliphatic rings. The monoisotopic (exact) mass is 879 g/mol. The second-order valence-electron chi connectivity index (χ2n) is 17.9. The molecule has 1 aromatic heterocycles. The average Bonchev–Trinajstić information content (AvgIpc) is 3.97. The van der Waals surface area contributed by atoms with E-state index in [1.807, 2.05) is 6.07 Å². The number of benzene rings is 11. The zero-order valence-electron chi connectivity index (χ0n) is 37.8.